The van der Waals surface area contributed by atoms with Crippen LogP contribution in [0.1, 0.15) is 65.0 Å². The zero-order valence-corrected chi connectivity index (χ0v) is 20.1. The second kappa shape index (κ2) is 9.70. The van der Waals surface area contributed by atoms with Crippen LogP contribution in [0, 0.1) is 11.8 Å². The number of fused-ring (bicyclic) bond motifs is 1. The number of hydrogen-bond acceptors (Lipinski definition) is 4. The Balaban J connectivity index is 2.00. The highest BCUT2D eigenvalue weighted by molar-refractivity contribution is 5.95. The summed E-state index contributed by atoms with van der Waals surface area (Å²) in [6, 6.07) is 8.07. The number of nitrogens with zero attached hydrogens (tertiary/aromatic N) is 4. The number of imidazole rings is 1. The number of likely N-dealkylation sites (tertiary alicyclic amines) is 1. The van der Waals surface area contributed by atoms with Crippen LogP contribution in [0.15, 0.2) is 24.3 Å². The molecule has 1 aromatic heterocycles. The van der Waals surface area contributed by atoms with E-state index in [1.54, 1.807) is 0 Å². The Labute approximate surface area is 187 Å². The number of benzene rings is 1. The van der Waals surface area contributed by atoms with Crippen molar-refractivity contribution in [3.63, 3.8) is 0 Å². The molecular formula is C25H40N4O2. The summed E-state index contributed by atoms with van der Waals surface area (Å²) in [6.07, 6.45) is 1.77. The molecule has 3 rings (SSSR count). The molecule has 172 valence electrons. The maximum absolute atomic E-state index is 14.0. The number of aliphatic hydroxyl groups is 1. The van der Waals surface area contributed by atoms with Crippen molar-refractivity contribution in [2.75, 3.05) is 26.2 Å². The van der Waals surface area contributed by atoms with Gasteiger partial charge in [0.2, 0.25) is 0 Å². The van der Waals surface area contributed by atoms with E-state index >= 15 is 0 Å². The van der Waals surface area contributed by atoms with Crippen LogP contribution in [-0.2, 0) is 6.54 Å². The Morgan fingerprint density at radius 1 is 1.26 bits per heavy atom. The minimum absolute atomic E-state index is 0.00596. The highest BCUT2D eigenvalue weighted by Gasteiger charge is 2.38. The van der Waals surface area contributed by atoms with Gasteiger partial charge in [0.15, 0.2) is 5.82 Å². The fourth-order valence-electron chi connectivity index (χ4n) is 4.69. The highest BCUT2D eigenvalue weighted by atomic mass is 16.3. The van der Waals surface area contributed by atoms with Gasteiger partial charge < -0.3 is 14.6 Å². The van der Waals surface area contributed by atoms with Crippen molar-refractivity contribution in [1.29, 1.82) is 0 Å². The summed E-state index contributed by atoms with van der Waals surface area (Å²) in [5, 5.41) is 9.97. The van der Waals surface area contributed by atoms with Gasteiger partial charge in [-0.2, -0.15) is 0 Å². The SMILES string of the molecule is CCCn1c(C(=O)N(CC(C)C)[C@H]2C[C@@H](CO)CN(C(C)(C)C)C2)nc2ccccc21. The molecule has 2 aromatic rings. The predicted octanol–water partition coefficient (Wildman–Crippen LogP) is 4.03. The summed E-state index contributed by atoms with van der Waals surface area (Å²) in [7, 11) is 0. The molecule has 0 bridgehead atoms. The van der Waals surface area contributed by atoms with Crippen molar-refractivity contribution in [1.82, 2.24) is 19.4 Å². The minimum atomic E-state index is -0.00596. The van der Waals surface area contributed by atoms with E-state index in [2.05, 4.69) is 51.0 Å². The molecule has 1 saturated heterocycles. The molecule has 2 heterocycles. The van der Waals surface area contributed by atoms with Gasteiger partial charge >= 0.3 is 0 Å². The zero-order valence-electron chi connectivity index (χ0n) is 20.1. The Hall–Kier alpha value is -1.92. The fourth-order valence-corrected chi connectivity index (χ4v) is 4.69. The monoisotopic (exact) mass is 428 g/mol. The van der Waals surface area contributed by atoms with Gasteiger partial charge in [-0.25, -0.2) is 4.98 Å². The number of carbonyl (C=O) groups excluding carboxylic acids is 1. The van der Waals surface area contributed by atoms with Gasteiger partial charge in [0.05, 0.1) is 11.0 Å². The second-order valence-corrected chi connectivity index (χ2v) is 10.4. The summed E-state index contributed by atoms with van der Waals surface area (Å²) in [6.45, 7) is 16.4. The lowest BCUT2D eigenvalue weighted by molar-refractivity contribution is 0.000247. The molecular weight excluding hydrogens is 388 g/mol. The van der Waals surface area contributed by atoms with Crippen LogP contribution in [0.25, 0.3) is 11.0 Å². The van der Waals surface area contributed by atoms with Crippen molar-refractivity contribution in [2.45, 2.75) is 72.5 Å². The minimum Gasteiger partial charge on any atom is -0.396 e. The Morgan fingerprint density at radius 2 is 1.97 bits per heavy atom. The highest BCUT2D eigenvalue weighted by Crippen LogP contribution is 2.28. The number of aliphatic hydroxyl groups excluding tert-OH is 1. The summed E-state index contributed by atoms with van der Waals surface area (Å²) >= 11 is 0. The van der Waals surface area contributed by atoms with Crippen LogP contribution in [0.4, 0.5) is 0 Å². The van der Waals surface area contributed by atoms with Gasteiger partial charge in [-0.15, -0.1) is 0 Å². The average molecular weight is 429 g/mol. The molecule has 1 aliphatic heterocycles. The Morgan fingerprint density at radius 3 is 2.58 bits per heavy atom. The molecule has 0 unspecified atom stereocenters. The lowest BCUT2D eigenvalue weighted by Crippen LogP contribution is -2.58. The molecule has 1 amide bonds. The third-order valence-corrected chi connectivity index (χ3v) is 6.28. The molecule has 1 fully saturated rings. The first-order valence-corrected chi connectivity index (χ1v) is 11.8. The van der Waals surface area contributed by atoms with Crippen molar-refractivity contribution in [2.24, 2.45) is 11.8 Å². The first kappa shape index (κ1) is 23.7. The molecule has 0 radical (unpaired) electrons. The number of amides is 1. The standard InChI is InChI=1S/C25H40N4O2/c1-7-12-28-22-11-9-8-10-21(22)26-23(28)24(31)29(14-18(2)3)20-13-19(17-30)15-27(16-20)25(4,5)6/h8-11,18-20,30H,7,12-17H2,1-6H3/t19-,20+/m1/s1. The Kier molecular flexibility index (Phi) is 7.43. The quantitative estimate of drug-likeness (QED) is 0.723. The van der Waals surface area contributed by atoms with E-state index in [1.807, 2.05) is 29.2 Å². The molecule has 31 heavy (non-hydrogen) atoms. The van der Waals surface area contributed by atoms with E-state index in [0.29, 0.717) is 18.3 Å². The fraction of sp³-hybridized carbons (Fsp3) is 0.680. The molecule has 1 aliphatic rings. The largest absolute Gasteiger partial charge is 0.396 e. The van der Waals surface area contributed by atoms with Gasteiger partial charge in [0.25, 0.3) is 5.91 Å². The summed E-state index contributed by atoms with van der Waals surface area (Å²) in [4.78, 5) is 23.2. The van der Waals surface area contributed by atoms with Crippen LogP contribution in [0.5, 0.6) is 0 Å². The van der Waals surface area contributed by atoms with E-state index in [4.69, 9.17) is 4.98 Å². The number of aryl methyl sites for hydroxylation is 1. The summed E-state index contributed by atoms with van der Waals surface area (Å²) < 4.78 is 2.08. The lowest BCUT2D eigenvalue weighted by Gasteiger charge is -2.47. The third kappa shape index (κ3) is 5.29. The van der Waals surface area contributed by atoms with Crippen molar-refractivity contribution in [3.8, 4) is 0 Å². The van der Waals surface area contributed by atoms with E-state index in [9.17, 15) is 9.90 Å². The Bertz CT molecular complexity index is 883. The van der Waals surface area contributed by atoms with E-state index < -0.39 is 0 Å². The van der Waals surface area contributed by atoms with Gasteiger partial charge in [-0.1, -0.05) is 32.9 Å². The van der Waals surface area contributed by atoms with E-state index in [1.165, 1.54) is 0 Å². The van der Waals surface area contributed by atoms with Crippen LogP contribution >= 0.6 is 0 Å². The lowest BCUT2D eigenvalue weighted by atomic mass is 9.89. The molecule has 6 nitrogen and oxygen atoms in total. The number of para-hydroxylation sites is 2. The number of hydrogen-bond donors (Lipinski definition) is 1. The molecule has 1 aromatic carbocycles. The maximum atomic E-state index is 14.0. The van der Waals surface area contributed by atoms with Gasteiger partial charge in [0, 0.05) is 44.4 Å². The van der Waals surface area contributed by atoms with Gasteiger partial charge in [-0.3, -0.25) is 9.69 Å². The second-order valence-electron chi connectivity index (χ2n) is 10.4. The third-order valence-electron chi connectivity index (χ3n) is 6.28. The topological polar surface area (TPSA) is 61.6 Å². The molecule has 0 saturated carbocycles. The van der Waals surface area contributed by atoms with Crippen molar-refractivity contribution >= 4 is 16.9 Å². The maximum Gasteiger partial charge on any atom is 0.290 e. The number of rotatable bonds is 7. The smallest absolute Gasteiger partial charge is 0.290 e. The molecule has 2 atom stereocenters. The van der Waals surface area contributed by atoms with E-state index in [0.717, 1.165) is 43.5 Å². The normalized spacial score (nSPS) is 20.5. The molecule has 0 aliphatic carbocycles. The molecule has 6 heteroatoms. The first-order valence-electron chi connectivity index (χ1n) is 11.8. The van der Waals surface area contributed by atoms with Crippen LogP contribution in [-0.4, -0.2) is 68.2 Å². The van der Waals surface area contributed by atoms with Gasteiger partial charge in [0.1, 0.15) is 0 Å². The summed E-state index contributed by atoms with van der Waals surface area (Å²) in [5.41, 5.74) is 1.89. The molecule has 1 N–H and O–H groups in total. The number of carbonyl (C=O) groups is 1. The number of aromatic nitrogens is 2. The average Bonchev–Trinajstić information content (AvgIpc) is 3.09. The van der Waals surface area contributed by atoms with Gasteiger partial charge in [-0.05, 0) is 57.6 Å². The predicted molar refractivity (Wildman–Crippen MR) is 126 cm³/mol. The van der Waals surface area contributed by atoms with Crippen LogP contribution < -0.4 is 0 Å². The zero-order chi connectivity index (χ0) is 22.8. The number of piperidine rings is 1. The van der Waals surface area contributed by atoms with E-state index in [-0.39, 0.29) is 30.0 Å². The van der Waals surface area contributed by atoms with Crippen LogP contribution in [0.2, 0.25) is 0 Å². The van der Waals surface area contributed by atoms with Crippen LogP contribution in [0.3, 0.4) is 0 Å². The molecule has 0 spiro atoms. The first-order chi connectivity index (χ1) is 14.7. The van der Waals surface area contributed by atoms with Crippen molar-refractivity contribution < 1.29 is 9.90 Å². The van der Waals surface area contributed by atoms with Crippen molar-refractivity contribution in [3.05, 3.63) is 30.1 Å². The summed E-state index contributed by atoms with van der Waals surface area (Å²) in [5.74, 6) is 1.08.